The van der Waals surface area contributed by atoms with Gasteiger partial charge in [-0.25, -0.2) is 4.79 Å². The summed E-state index contributed by atoms with van der Waals surface area (Å²) >= 11 is 0. The smallest absolute Gasteiger partial charge is 0.324 e. The Hall–Kier alpha value is -1.84. The van der Waals surface area contributed by atoms with Gasteiger partial charge < -0.3 is 5.32 Å². The molecule has 1 saturated heterocycles. The van der Waals surface area contributed by atoms with Gasteiger partial charge in [0.2, 0.25) is 5.91 Å². The summed E-state index contributed by atoms with van der Waals surface area (Å²) in [6.45, 7) is 0.370. The van der Waals surface area contributed by atoms with E-state index in [9.17, 15) is 9.59 Å². The minimum atomic E-state index is -0.234. The highest BCUT2D eigenvalue weighted by Crippen LogP contribution is 2.29. The van der Waals surface area contributed by atoms with E-state index in [0.717, 1.165) is 37.7 Å². The Morgan fingerprint density at radius 3 is 2.60 bits per heavy atom. The number of hydrogen-bond donors (Lipinski definition) is 1. The lowest BCUT2D eigenvalue weighted by Crippen LogP contribution is -2.59. The number of benzene rings is 1. The van der Waals surface area contributed by atoms with Gasteiger partial charge >= 0.3 is 6.03 Å². The van der Waals surface area contributed by atoms with Crippen LogP contribution in [0, 0.1) is 5.92 Å². The van der Waals surface area contributed by atoms with E-state index in [1.807, 2.05) is 30.3 Å². The van der Waals surface area contributed by atoms with Crippen molar-refractivity contribution in [3.05, 3.63) is 35.9 Å². The Morgan fingerprint density at radius 2 is 1.80 bits per heavy atom. The molecule has 4 heteroatoms. The summed E-state index contributed by atoms with van der Waals surface area (Å²) in [5.41, 5.74) is 0.989. The first-order valence-electron chi connectivity index (χ1n) is 7.41. The average Bonchev–Trinajstić information content (AvgIpc) is 2.70. The monoisotopic (exact) mass is 272 g/mol. The molecular formula is C16H20N2O2. The minimum Gasteiger partial charge on any atom is -0.334 e. The summed E-state index contributed by atoms with van der Waals surface area (Å²) in [5, 5.41) is 3.03. The molecule has 2 fully saturated rings. The lowest BCUT2D eigenvalue weighted by molar-refractivity contribution is -0.136. The third-order valence-corrected chi connectivity index (χ3v) is 4.34. The molecule has 1 saturated carbocycles. The summed E-state index contributed by atoms with van der Waals surface area (Å²) in [4.78, 5) is 26.1. The zero-order valence-electron chi connectivity index (χ0n) is 11.5. The number of urea groups is 1. The highest BCUT2D eigenvalue weighted by molar-refractivity contribution is 5.98. The summed E-state index contributed by atoms with van der Waals surface area (Å²) in [6.07, 6.45) is 5.18. The topological polar surface area (TPSA) is 49.4 Å². The molecule has 3 amide bonds. The van der Waals surface area contributed by atoms with Crippen molar-refractivity contribution in [1.29, 1.82) is 0 Å². The fourth-order valence-corrected chi connectivity index (χ4v) is 3.23. The maximum absolute atomic E-state index is 12.6. The van der Waals surface area contributed by atoms with E-state index >= 15 is 0 Å². The average molecular weight is 272 g/mol. The number of imide groups is 1. The Bertz CT molecular complexity index is 500. The van der Waals surface area contributed by atoms with Crippen LogP contribution in [0.1, 0.15) is 37.7 Å². The van der Waals surface area contributed by atoms with Crippen LogP contribution < -0.4 is 5.32 Å². The number of hydrogen-bond acceptors (Lipinski definition) is 2. The molecule has 1 aliphatic heterocycles. The molecule has 20 heavy (non-hydrogen) atoms. The van der Waals surface area contributed by atoms with Crippen molar-refractivity contribution in [2.75, 3.05) is 0 Å². The minimum absolute atomic E-state index is 0.00417. The number of fused-ring (bicyclic) bond motifs is 1. The summed E-state index contributed by atoms with van der Waals surface area (Å²) in [7, 11) is 0. The Balaban J connectivity index is 1.78. The molecule has 1 aromatic carbocycles. The van der Waals surface area contributed by atoms with Crippen LogP contribution in [0.25, 0.3) is 0 Å². The molecule has 2 aliphatic rings. The normalized spacial score (nSPS) is 26.7. The second-order valence-electron chi connectivity index (χ2n) is 5.71. The van der Waals surface area contributed by atoms with Crippen molar-refractivity contribution >= 4 is 11.9 Å². The van der Waals surface area contributed by atoms with Gasteiger partial charge in [0.1, 0.15) is 0 Å². The van der Waals surface area contributed by atoms with E-state index in [1.54, 1.807) is 0 Å². The van der Waals surface area contributed by atoms with Crippen LogP contribution in [-0.2, 0) is 11.3 Å². The first-order chi connectivity index (χ1) is 9.75. The molecule has 1 aliphatic carbocycles. The number of nitrogens with zero attached hydrogens (tertiary/aromatic N) is 1. The van der Waals surface area contributed by atoms with Crippen molar-refractivity contribution in [1.82, 2.24) is 10.2 Å². The Labute approximate surface area is 119 Å². The molecule has 0 aromatic heterocycles. The standard InChI is InChI=1S/C16H20N2O2/c19-15-13-9-5-2-6-10-14(13)17-16(20)18(15)11-12-7-3-1-4-8-12/h1,3-4,7-8,13-14H,2,5-6,9-11H2,(H,17,20). The number of nitrogens with one attached hydrogen (secondary N) is 1. The predicted molar refractivity (Wildman–Crippen MR) is 75.9 cm³/mol. The predicted octanol–water partition coefficient (Wildman–Crippen LogP) is 2.69. The van der Waals surface area contributed by atoms with Gasteiger partial charge in [0.05, 0.1) is 12.5 Å². The highest BCUT2D eigenvalue weighted by Gasteiger charge is 2.40. The van der Waals surface area contributed by atoms with Gasteiger partial charge in [-0.15, -0.1) is 0 Å². The van der Waals surface area contributed by atoms with Gasteiger partial charge in [-0.3, -0.25) is 9.69 Å². The van der Waals surface area contributed by atoms with Gasteiger partial charge in [0, 0.05) is 6.04 Å². The molecule has 0 bridgehead atoms. The van der Waals surface area contributed by atoms with Crippen LogP contribution in [0.2, 0.25) is 0 Å². The van der Waals surface area contributed by atoms with Crippen LogP contribution >= 0.6 is 0 Å². The molecule has 0 radical (unpaired) electrons. The highest BCUT2D eigenvalue weighted by atomic mass is 16.2. The van der Waals surface area contributed by atoms with Gasteiger partial charge in [-0.2, -0.15) is 0 Å². The number of carbonyl (C=O) groups is 2. The van der Waals surface area contributed by atoms with E-state index in [2.05, 4.69) is 5.32 Å². The molecule has 1 aromatic rings. The van der Waals surface area contributed by atoms with E-state index in [4.69, 9.17) is 0 Å². The van der Waals surface area contributed by atoms with E-state index in [0.29, 0.717) is 6.54 Å². The molecule has 1 heterocycles. The van der Waals surface area contributed by atoms with Crippen LogP contribution in [0.4, 0.5) is 4.79 Å². The van der Waals surface area contributed by atoms with E-state index in [1.165, 1.54) is 4.90 Å². The second-order valence-corrected chi connectivity index (χ2v) is 5.71. The maximum atomic E-state index is 12.6. The van der Waals surface area contributed by atoms with Crippen molar-refractivity contribution in [2.45, 2.75) is 44.7 Å². The summed E-state index contributed by atoms with van der Waals surface area (Å²) in [5.74, 6) is -0.0246. The summed E-state index contributed by atoms with van der Waals surface area (Å²) in [6, 6.07) is 9.49. The zero-order valence-corrected chi connectivity index (χ0v) is 11.5. The lowest BCUT2D eigenvalue weighted by atomic mass is 9.91. The fourth-order valence-electron chi connectivity index (χ4n) is 3.23. The van der Waals surface area contributed by atoms with Crippen LogP contribution in [0.15, 0.2) is 30.3 Å². The van der Waals surface area contributed by atoms with Crippen LogP contribution in [-0.4, -0.2) is 22.9 Å². The number of carbonyl (C=O) groups excluding carboxylic acids is 2. The molecule has 0 spiro atoms. The number of rotatable bonds is 2. The van der Waals surface area contributed by atoms with Crippen molar-refractivity contribution in [3.63, 3.8) is 0 Å². The molecular weight excluding hydrogens is 252 g/mol. The van der Waals surface area contributed by atoms with E-state index in [-0.39, 0.29) is 23.9 Å². The number of amides is 3. The quantitative estimate of drug-likeness (QED) is 0.900. The lowest BCUT2D eigenvalue weighted by Gasteiger charge is -2.36. The second kappa shape index (κ2) is 5.65. The van der Waals surface area contributed by atoms with Crippen molar-refractivity contribution in [3.8, 4) is 0 Å². The first-order valence-corrected chi connectivity index (χ1v) is 7.41. The third kappa shape index (κ3) is 2.55. The maximum Gasteiger partial charge on any atom is 0.324 e. The Kier molecular flexibility index (Phi) is 3.72. The molecule has 3 rings (SSSR count). The van der Waals surface area contributed by atoms with Crippen molar-refractivity contribution < 1.29 is 9.59 Å². The molecule has 1 N–H and O–H groups in total. The fraction of sp³-hybridized carbons (Fsp3) is 0.500. The van der Waals surface area contributed by atoms with E-state index < -0.39 is 0 Å². The largest absolute Gasteiger partial charge is 0.334 e. The van der Waals surface area contributed by atoms with Gasteiger partial charge in [0.15, 0.2) is 0 Å². The zero-order chi connectivity index (χ0) is 13.9. The Morgan fingerprint density at radius 1 is 1.05 bits per heavy atom. The summed E-state index contributed by atoms with van der Waals surface area (Å²) < 4.78 is 0. The molecule has 2 unspecified atom stereocenters. The first kappa shape index (κ1) is 13.2. The molecule has 2 atom stereocenters. The van der Waals surface area contributed by atoms with Gasteiger partial charge in [0.25, 0.3) is 0 Å². The van der Waals surface area contributed by atoms with Gasteiger partial charge in [-0.1, -0.05) is 49.6 Å². The molecule has 4 nitrogen and oxygen atoms in total. The van der Waals surface area contributed by atoms with Crippen LogP contribution in [0.3, 0.4) is 0 Å². The SMILES string of the molecule is O=C1NC2CCCCCC2C(=O)N1Cc1ccccc1. The third-order valence-electron chi connectivity index (χ3n) is 4.34. The van der Waals surface area contributed by atoms with Crippen molar-refractivity contribution in [2.24, 2.45) is 5.92 Å². The van der Waals surface area contributed by atoms with Crippen LogP contribution in [0.5, 0.6) is 0 Å². The molecule has 106 valence electrons. The van der Waals surface area contributed by atoms with Gasteiger partial charge in [-0.05, 0) is 18.4 Å².